The standard InChI is InChI=1S/C10H17N3OS/c1-10(2,3)8(14)13-9-12-7(4-5-11)6-15-9/h6H,4-5,11H2,1-3H3,(H,12,13,14). The van der Waals surface area contributed by atoms with Gasteiger partial charge in [0.05, 0.1) is 5.69 Å². The van der Waals surface area contributed by atoms with E-state index < -0.39 is 0 Å². The van der Waals surface area contributed by atoms with Crippen molar-refractivity contribution in [2.45, 2.75) is 27.2 Å². The van der Waals surface area contributed by atoms with E-state index in [0.29, 0.717) is 11.7 Å². The van der Waals surface area contributed by atoms with E-state index in [1.54, 1.807) is 0 Å². The molecule has 0 atom stereocenters. The molecule has 1 heterocycles. The number of rotatable bonds is 3. The Morgan fingerprint density at radius 1 is 1.60 bits per heavy atom. The summed E-state index contributed by atoms with van der Waals surface area (Å²) in [7, 11) is 0. The molecule has 0 aliphatic carbocycles. The SMILES string of the molecule is CC(C)(C)C(=O)Nc1nc(CCN)cs1. The van der Waals surface area contributed by atoms with Crippen LogP contribution >= 0.6 is 11.3 Å². The van der Waals surface area contributed by atoms with Crippen molar-refractivity contribution in [1.82, 2.24) is 4.98 Å². The monoisotopic (exact) mass is 227 g/mol. The topological polar surface area (TPSA) is 68.0 Å². The number of nitrogens with one attached hydrogen (secondary N) is 1. The smallest absolute Gasteiger partial charge is 0.231 e. The first-order chi connectivity index (χ1) is 6.93. The molecule has 1 amide bonds. The second kappa shape index (κ2) is 4.72. The van der Waals surface area contributed by atoms with E-state index in [4.69, 9.17) is 5.73 Å². The fourth-order valence-corrected chi connectivity index (χ4v) is 1.65. The van der Waals surface area contributed by atoms with Crippen LogP contribution in [0.25, 0.3) is 0 Å². The molecule has 0 saturated heterocycles. The lowest BCUT2D eigenvalue weighted by Crippen LogP contribution is -2.27. The van der Waals surface area contributed by atoms with E-state index in [2.05, 4.69) is 10.3 Å². The Kier molecular flexibility index (Phi) is 3.82. The first-order valence-corrected chi connectivity index (χ1v) is 5.77. The number of aromatic nitrogens is 1. The van der Waals surface area contributed by atoms with Gasteiger partial charge in [-0.15, -0.1) is 11.3 Å². The third kappa shape index (κ3) is 3.60. The second-order valence-corrected chi connectivity index (χ2v) is 5.24. The molecular formula is C10H17N3OS. The maximum Gasteiger partial charge on any atom is 0.231 e. The summed E-state index contributed by atoms with van der Waals surface area (Å²) >= 11 is 1.44. The van der Waals surface area contributed by atoms with Crippen molar-refractivity contribution in [3.8, 4) is 0 Å². The van der Waals surface area contributed by atoms with E-state index in [-0.39, 0.29) is 11.3 Å². The van der Waals surface area contributed by atoms with Crippen LogP contribution in [0.2, 0.25) is 0 Å². The second-order valence-electron chi connectivity index (χ2n) is 4.39. The Bertz CT molecular complexity index is 341. The minimum Gasteiger partial charge on any atom is -0.330 e. The first-order valence-electron chi connectivity index (χ1n) is 4.89. The van der Waals surface area contributed by atoms with Crippen molar-refractivity contribution in [3.05, 3.63) is 11.1 Å². The van der Waals surface area contributed by atoms with Gasteiger partial charge in [0.2, 0.25) is 5.91 Å². The lowest BCUT2D eigenvalue weighted by molar-refractivity contribution is -0.123. The number of carbonyl (C=O) groups excluding carboxylic acids is 1. The fourth-order valence-electron chi connectivity index (χ4n) is 0.912. The molecule has 0 spiro atoms. The van der Waals surface area contributed by atoms with Gasteiger partial charge in [0.25, 0.3) is 0 Å². The molecule has 1 aromatic rings. The Morgan fingerprint density at radius 2 is 2.27 bits per heavy atom. The van der Waals surface area contributed by atoms with Crippen LogP contribution in [0.15, 0.2) is 5.38 Å². The van der Waals surface area contributed by atoms with Crippen LogP contribution in [0.4, 0.5) is 5.13 Å². The number of amides is 1. The minimum atomic E-state index is -0.389. The average Bonchev–Trinajstić information content (AvgIpc) is 2.51. The van der Waals surface area contributed by atoms with Crippen molar-refractivity contribution in [2.75, 3.05) is 11.9 Å². The van der Waals surface area contributed by atoms with Crippen LogP contribution in [-0.4, -0.2) is 17.4 Å². The van der Waals surface area contributed by atoms with Gasteiger partial charge in [0, 0.05) is 17.2 Å². The number of anilines is 1. The molecule has 0 fully saturated rings. The van der Waals surface area contributed by atoms with Crippen LogP contribution in [0.3, 0.4) is 0 Å². The number of hydrogen-bond acceptors (Lipinski definition) is 4. The quantitative estimate of drug-likeness (QED) is 0.824. The summed E-state index contributed by atoms with van der Waals surface area (Å²) in [6.07, 6.45) is 0.752. The predicted molar refractivity (Wildman–Crippen MR) is 63.0 cm³/mol. The fraction of sp³-hybridized carbons (Fsp3) is 0.600. The average molecular weight is 227 g/mol. The largest absolute Gasteiger partial charge is 0.330 e. The van der Waals surface area contributed by atoms with Crippen LogP contribution in [-0.2, 0) is 11.2 Å². The Balaban J connectivity index is 2.61. The molecule has 1 rings (SSSR count). The van der Waals surface area contributed by atoms with Gasteiger partial charge in [-0.25, -0.2) is 4.98 Å². The molecule has 1 aromatic heterocycles. The summed E-state index contributed by atoms with van der Waals surface area (Å²) < 4.78 is 0. The van der Waals surface area contributed by atoms with Gasteiger partial charge < -0.3 is 11.1 Å². The zero-order valence-electron chi connectivity index (χ0n) is 9.33. The van der Waals surface area contributed by atoms with Crippen molar-refractivity contribution in [2.24, 2.45) is 11.1 Å². The molecule has 4 nitrogen and oxygen atoms in total. The third-order valence-corrected chi connectivity index (χ3v) is 2.66. The van der Waals surface area contributed by atoms with E-state index in [1.807, 2.05) is 26.2 Å². The summed E-state index contributed by atoms with van der Waals surface area (Å²) in [5, 5.41) is 5.36. The van der Waals surface area contributed by atoms with Gasteiger partial charge in [-0.1, -0.05) is 20.8 Å². The molecule has 0 bridgehead atoms. The van der Waals surface area contributed by atoms with Crippen LogP contribution in [0, 0.1) is 5.41 Å². The summed E-state index contributed by atoms with van der Waals surface area (Å²) in [6.45, 7) is 6.20. The summed E-state index contributed by atoms with van der Waals surface area (Å²) in [5.41, 5.74) is 5.97. The number of thiazole rings is 1. The summed E-state index contributed by atoms with van der Waals surface area (Å²) in [6, 6.07) is 0. The van der Waals surface area contributed by atoms with Crippen molar-refractivity contribution >= 4 is 22.4 Å². The van der Waals surface area contributed by atoms with Gasteiger partial charge in [-0.2, -0.15) is 0 Å². The van der Waals surface area contributed by atoms with Crippen molar-refractivity contribution in [1.29, 1.82) is 0 Å². The Labute approximate surface area is 93.9 Å². The molecule has 15 heavy (non-hydrogen) atoms. The maximum atomic E-state index is 11.6. The van der Waals surface area contributed by atoms with Crippen LogP contribution in [0.5, 0.6) is 0 Å². The van der Waals surface area contributed by atoms with E-state index in [1.165, 1.54) is 11.3 Å². The molecule has 3 N–H and O–H groups in total. The van der Waals surface area contributed by atoms with Gasteiger partial charge in [-0.3, -0.25) is 4.79 Å². The molecular weight excluding hydrogens is 210 g/mol. The zero-order valence-corrected chi connectivity index (χ0v) is 10.1. The van der Waals surface area contributed by atoms with Gasteiger partial charge in [0.1, 0.15) is 0 Å². The normalized spacial score (nSPS) is 11.5. The molecule has 0 aliphatic heterocycles. The van der Waals surface area contributed by atoms with E-state index in [9.17, 15) is 4.79 Å². The molecule has 0 radical (unpaired) electrons. The Morgan fingerprint density at radius 3 is 2.80 bits per heavy atom. The van der Waals surface area contributed by atoms with Gasteiger partial charge in [0.15, 0.2) is 5.13 Å². The number of hydrogen-bond donors (Lipinski definition) is 2. The van der Waals surface area contributed by atoms with Crippen LogP contribution < -0.4 is 11.1 Å². The number of nitrogens with two attached hydrogens (primary N) is 1. The van der Waals surface area contributed by atoms with Crippen molar-refractivity contribution in [3.63, 3.8) is 0 Å². The lowest BCUT2D eigenvalue weighted by Gasteiger charge is -2.15. The molecule has 5 heteroatoms. The maximum absolute atomic E-state index is 11.6. The molecule has 0 aromatic carbocycles. The highest BCUT2D eigenvalue weighted by atomic mass is 32.1. The molecule has 0 saturated carbocycles. The number of carbonyl (C=O) groups is 1. The van der Waals surface area contributed by atoms with Gasteiger partial charge >= 0.3 is 0 Å². The van der Waals surface area contributed by atoms with Crippen LogP contribution in [0.1, 0.15) is 26.5 Å². The van der Waals surface area contributed by atoms with E-state index in [0.717, 1.165) is 12.1 Å². The highest BCUT2D eigenvalue weighted by molar-refractivity contribution is 7.13. The highest BCUT2D eigenvalue weighted by Crippen LogP contribution is 2.20. The van der Waals surface area contributed by atoms with Crippen molar-refractivity contribution < 1.29 is 4.79 Å². The number of nitrogens with zero attached hydrogens (tertiary/aromatic N) is 1. The van der Waals surface area contributed by atoms with E-state index >= 15 is 0 Å². The highest BCUT2D eigenvalue weighted by Gasteiger charge is 2.21. The first kappa shape index (κ1) is 12.1. The molecule has 84 valence electrons. The predicted octanol–water partition coefficient (Wildman–Crippen LogP) is 1.63. The minimum absolute atomic E-state index is 0.0175. The lowest BCUT2D eigenvalue weighted by atomic mass is 9.96. The zero-order chi connectivity index (χ0) is 11.5. The summed E-state index contributed by atoms with van der Waals surface area (Å²) in [5.74, 6) is -0.0175. The third-order valence-electron chi connectivity index (χ3n) is 1.85. The molecule has 0 unspecified atom stereocenters. The van der Waals surface area contributed by atoms with Gasteiger partial charge in [-0.05, 0) is 6.54 Å². The Hall–Kier alpha value is -0.940. The molecule has 0 aliphatic rings. The summed E-state index contributed by atoms with van der Waals surface area (Å²) in [4.78, 5) is 15.9.